The lowest BCUT2D eigenvalue weighted by Crippen LogP contribution is -2.14. The van der Waals surface area contributed by atoms with Crippen LogP contribution in [0.2, 0.25) is 5.02 Å². The van der Waals surface area contributed by atoms with Gasteiger partial charge in [-0.05, 0) is 37.1 Å². The predicted molar refractivity (Wildman–Crippen MR) is 62.2 cm³/mol. The Labute approximate surface area is 100.0 Å². The molecule has 16 heavy (non-hydrogen) atoms. The lowest BCUT2D eigenvalue weighted by molar-refractivity contribution is 0.0883. The van der Waals surface area contributed by atoms with Gasteiger partial charge in [-0.15, -0.1) is 0 Å². The smallest absolute Gasteiger partial charge is 0.126 e. The van der Waals surface area contributed by atoms with Crippen LogP contribution in [0.15, 0.2) is 18.2 Å². The van der Waals surface area contributed by atoms with E-state index in [4.69, 9.17) is 16.3 Å². The van der Waals surface area contributed by atoms with Gasteiger partial charge in [0.1, 0.15) is 5.82 Å². The van der Waals surface area contributed by atoms with E-state index in [1.54, 1.807) is 6.07 Å². The summed E-state index contributed by atoms with van der Waals surface area (Å²) in [4.78, 5) is 0. The van der Waals surface area contributed by atoms with Gasteiger partial charge in [0.2, 0.25) is 0 Å². The highest BCUT2D eigenvalue weighted by molar-refractivity contribution is 6.30. The molecule has 0 aromatic heterocycles. The Morgan fingerprint density at radius 3 is 2.94 bits per heavy atom. The number of hydrogen-bond acceptors (Lipinski definition) is 2. The van der Waals surface area contributed by atoms with Crippen molar-refractivity contribution in [2.45, 2.75) is 25.9 Å². The summed E-state index contributed by atoms with van der Waals surface area (Å²) < 4.78 is 18.4. The Balaban J connectivity index is 2.48. The van der Waals surface area contributed by atoms with Gasteiger partial charge in [-0.1, -0.05) is 11.6 Å². The summed E-state index contributed by atoms with van der Waals surface area (Å²) in [5, 5.41) is 10.1. The van der Waals surface area contributed by atoms with Crippen molar-refractivity contribution in [2.75, 3.05) is 13.2 Å². The average molecular weight is 247 g/mol. The fourth-order valence-corrected chi connectivity index (χ4v) is 1.61. The van der Waals surface area contributed by atoms with Crippen LogP contribution in [0.4, 0.5) is 4.39 Å². The van der Waals surface area contributed by atoms with Gasteiger partial charge in [-0.3, -0.25) is 0 Å². The second-order valence-corrected chi connectivity index (χ2v) is 4.02. The molecular weight excluding hydrogens is 231 g/mol. The monoisotopic (exact) mass is 246 g/mol. The molecule has 0 aliphatic rings. The zero-order valence-corrected chi connectivity index (χ0v) is 10.0. The molecule has 0 spiro atoms. The molecule has 1 atom stereocenters. The van der Waals surface area contributed by atoms with Crippen LogP contribution in [0.3, 0.4) is 0 Å². The molecule has 4 heteroatoms. The first kappa shape index (κ1) is 13.4. The van der Waals surface area contributed by atoms with Crippen molar-refractivity contribution in [1.82, 2.24) is 0 Å². The van der Waals surface area contributed by atoms with Crippen LogP contribution in [-0.4, -0.2) is 24.4 Å². The van der Waals surface area contributed by atoms with Gasteiger partial charge in [-0.2, -0.15) is 0 Å². The third kappa shape index (κ3) is 4.47. The third-order valence-electron chi connectivity index (χ3n) is 2.26. The molecule has 0 amide bonds. The van der Waals surface area contributed by atoms with E-state index in [0.29, 0.717) is 30.2 Å². The van der Waals surface area contributed by atoms with Gasteiger partial charge in [0.25, 0.3) is 0 Å². The highest BCUT2D eigenvalue weighted by Gasteiger charge is 2.09. The van der Waals surface area contributed by atoms with E-state index < -0.39 is 6.10 Å². The van der Waals surface area contributed by atoms with Gasteiger partial charge in [-0.25, -0.2) is 4.39 Å². The van der Waals surface area contributed by atoms with Crippen molar-refractivity contribution >= 4 is 11.6 Å². The summed E-state index contributed by atoms with van der Waals surface area (Å²) in [5.74, 6) is -0.333. The van der Waals surface area contributed by atoms with E-state index in [-0.39, 0.29) is 12.2 Å². The SMILES string of the molecule is CCOCCC(O)Cc1cc(Cl)ccc1F. The number of rotatable bonds is 6. The van der Waals surface area contributed by atoms with Crippen molar-refractivity contribution in [3.05, 3.63) is 34.6 Å². The topological polar surface area (TPSA) is 29.5 Å². The number of ether oxygens (including phenoxy) is 1. The van der Waals surface area contributed by atoms with Crippen LogP contribution < -0.4 is 0 Å². The largest absolute Gasteiger partial charge is 0.393 e. The number of aliphatic hydroxyl groups is 1. The van der Waals surface area contributed by atoms with Crippen molar-refractivity contribution in [2.24, 2.45) is 0 Å². The van der Waals surface area contributed by atoms with Crippen LogP contribution in [0.25, 0.3) is 0 Å². The zero-order valence-electron chi connectivity index (χ0n) is 9.25. The normalized spacial score (nSPS) is 12.8. The average Bonchev–Trinajstić information content (AvgIpc) is 2.24. The lowest BCUT2D eigenvalue weighted by atomic mass is 10.1. The van der Waals surface area contributed by atoms with Crippen LogP contribution in [-0.2, 0) is 11.2 Å². The summed E-state index contributed by atoms with van der Waals surface area (Å²) in [6, 6.07) is 4.35. The molecular formula is C12H16ClFO2. The summed E-state index contributed by atoms with van der Waals surface area (Å²) in [5.41, 5.74) is 0.441. The number of benzene rings is 1. The highest BCUT2D eigenvalue weighted by atomic mass is 35.5. The van der Waals surface area contributed by atoms with E-state index in [9.17, 15) is 9.50 Å². The van der Waals surface area contributed by atoms with Crippen molar-refractivity contribution < 1.29 is 14.2 Å². The standard InChI is InChI=1S/C12H16ClFO2/c1-2-16-6-5-11(15)8-9-7-10(13)3-4-12(9)14/h3-4,7,11,15H,2,5-6,8H2,1H3. The molecule has 0 radical (unpaired) electrons. The summed E-state index contributed by atoms with van der Waals surface area (Å²) in [7, 11) is 0. The molecule has 1 N–H and O–H groups in total. The maximum atomic E-state index is 13.3. The number of hydrogen-bond donors (Lipinski definition) is 1. The fourth-order valence-electron chi connectivity index (χ4n) is 1.42. The molecule has 0 saturated heterocycles. The number of aliphatic hydroxyl groups excluding tert-OH is 1. The van der Waals surface area contributed by atoms with Crippen LogP contribution >= 0.6 is 11.6 Å². The van der Waals surface area contributed by atoms with Gasteiger partial charge in [0, 0.05) is 24.7 Å². The predicted octanol–water partition coefficient (Wildman–Crippen LogP) is 2.81. The molecule has 90 valence electrons. The first-order chi connectivity index (χ1) is 7.63. The molecule has 0 saturated carbocycles. The molecule has 1 aromatic rings. The molecule has 0 aliphatic heterocycles. The van der Waals surface area contributed by atoms with Crippen molar-refractivity contribution in [3.8, 4) is 0 Å². The van der Waals surface area contributed by atoms with E-state index in [1.807, 2.05) is 6.92 Å². The molecule has 0 bridgehead atoms. The fraction of sp³-hybridized carbons (Fsp3) is 0.500. The molecule has 1 unspecified atom stereocenters. The molecule has 2 nitrogen and oxygen atoms in total. The third-order valence-corrected chi connectivity index (χ3v) is 2.50. The van der Waals surface area contributed by atoms with Crippen LogP contribution in [0.5, 0.6) is 0 Å². The van der Waals surface area contributed by atoms with Crippen molar-refractivity contribution in [1.29, 1.82) is 0 Å². The Morgan fingerprint density at radius 1 is 1.50 bits per heavy atom. The number of halogens is 2. The Hall–Kier alpha value is -0.640. The summed E-state index contributed by atoms with van der Waals surface area (Å²) in [6.07, 6.45) is 0.165. The summed E-state index contributed by atoms with van der Waals surface area (Å²) >= 11 is 5.75. The second-order valence-electron chi connectivity index (χ2n) is 3.58. The van der Waals surface area contributed by atoms with Gasteiger partial charge in [0.15, 0.2) is 0 Å². The minimum atomic E-state index is -0.598. The Kier molecular flexibility index (Phi) is 5.74. The van der Waals surface area contributed by atoms with Gasteiger partial charge < -0.3 is 9.84 Å². The molecule has 1 aromatic carbocycles. The maximum Gasteiger partial charge on any atom is 0.126 e. The molecule has 1 rings (SSSR count). The lowest BCUT2D eigenvalue weighted by Gasteiger charge is -2.11. The Bertz CT molecular complexity index is 331. The first-order valence-corrected chi connectivity index (χ1v) is 5.71. The Morgan fingerprint density at radius 2 is 2.25 bits per heavy atom. The van der Waals surface area contributed by atoms with E-state index >= 15 is 0 Å². The highest BCUT2D eigenvalue weighted by Crippen LogP contribution is 2.17. The van der Waals surface area contributed by atoms with Crippen molar-refractivity contribution in [3.63, 3.8) is 0 Å². The second kappa shape index (κ2) is 6.84. The first-order valence-electron chi connectivity index (χ1n) is 5.33. The van der Waals surface area contributed by atoms with Crippen LogP contribution in [0.1, 0.15) is 18.9 Å². The van der Waals surface area contributed by atoms with E-state index in [1.165, 1.54) is 12.1 Å². The molecule has 0 heterocycles. The maximum absolute atomic E-state index is 13.3. The zero-order chi connectivity index (χ0) is 12.0. The minimum Gasteiger partial charge on any atom is -0.393 e. The van der Waals surface area contributed by atoms with E-state index in [0.717, 1.165) is 0 Å². The summed E-state index contributed by atoms with van der Waals surface area (Å²) in [6.45, 7) is 3.00. The van der Waals surface area contributed by atoms with Gasteiger partial charge in [0.05, 0.1) is 6.10 Å². The van der Waals surface area contributed by atoms with Gasteiger partial charge >= 0.3 is 0 Å². The van der Waals surface area contributed by atoms with Crippen LogP contribution in [0, 0.1) is 5.82 Å². The quantitative estimate of drug-likeness (QED) is 0.783. The minimum absolute atomic E-state index is 0.263. The molecule has 0 aliphatic carbocycles. The molecule has 0 fully saturated rings. The van der Waals surface area contributed by atoms with E-state index in [2.05, 4.69) is 0 Å².